The van der Waals surface area contributed by atoms with Gasteiger partial charge in [-0.15, -0.1) is 0 Å². The van der Waals surface area contributed by atoms with Crippen molar-refractivity contribution in [2.45, 2.75) is 24.9 Å². The van der Waals surface area contributed by atoms with Gasteiger partial charge in [0.05, 0.1) is 6.33 Å². The number of aromatic nitrogens is 2. The maximum absolute atomic E-state index is 11.8. The Morgan fingerprint density at radius 2 is 2.19 bits per heavy atom. The molecule has 0 saturated carbocycles. The molecule has 6 nitrogen and oxygen atoms in total. The zero-order chi connectivity index (χ0) is 12.3. The van der Waals surface area contributed by atoms with E-state index in [0.717, 1.165) is 0 Å². The van der Waals surface area contributed by atoms with Gasteiger partial charge in [0.25, 0.3) is 10.0 Å². The number of hydrogen-bond acceptors (Lipinski definition) is 4. The summed E-state index contributed by atoms with van der Waals surface area (Å²) >= 11 is 0. The number of sulfonamides is 1. The van der Waals surface area contributed by atoms with Crippen LogP contribution in [0.15, 0.2) is 17.6 Å². The fraction of sp³-hybridized carbons (Fsp3) is 0.667. The monoisotopic (exact) mass is 247 g/mol. The van der Waals surface area contributed by atoms with Crippen LogP contribution in [0.1, 0.15) is 13.8 Å². The molecule has 0 aliphatic rings. The smallest absolute Gasteiger partial charge is 0.259 e. The van der Waals surface area contributed by atoms with Crippen LogP contribution < -0.4 is 4.72 Å². The van der Waals surface area contributed by atoms with Gasteiger partial charge in [-0.05, 0) is 12.8 Å². The summed E-state index contributed by atoms with van der Waals surface area (Å²) < 4.78 is 27.7. The predicted molar refractivity (Wildman–Crippen MR) is 59.2 cm³/mol. The van der Waals surface area contributed by atoms with E-state index in [-0.39, 0.29) is 23.6 Å². The Kier molecular flexibility index (Phi) is 4.06. The molecule has 0 aliphatic heterocycles. The minimum atomic E-state index is -3.59. The molecule has 0 saturated heterocycles. The van der Waals surface area contributed by atoms with Crippen molar-refractivity contribution in [2.75, 3.05) is 6.61 Å². The van der Waals surface area contributed by atoms with Crippen LogP contribution in [-0.4, -0.2) is 35.7 Å². The van der Waals surface area contributed by atoms with E-state index in [1.54, 1.807) is 25.5 Å². The standard InChI is InChI=1S/C9H17N3O3S/c1-7(5-13)8(2)11-16(14,15)9-4-12(3)6-10-9/h4,6-8,11,13H,5H2,1-3H3. The summed E-state index contributed by atoms with van der Waals surface area (Å²) in [5.74, 6) is -0.140. The molecule has 16 heavy (non-hydrogen) atoms. The molecule has 2 N–H and O–H groups in total. The Balaban J connectivity index is 2.80. The van der Waals surface area contributed by atoms with E-state index in [0.29, 0.717) is 0 Å². The number of aliphatic hydroxyl groups excluding tert-OH is 1. The van der Waals surface area contributed by atoms with E-state index in [1.807, 2.05) is 0 Å². The van der Waals surface area contributed by atoms with E-state index in [4.69, 9.17) is 5.11 Å². The highest BCUT2D eigenvalue weighted by Gasteiger charge is 2.22. The fourth-order valence-corrected chi connectivity index (χ4v) is 2.44. The second-order valence-corrected chi connectivity index (χ2v) is 5.61. The molecule has 0 amide bonds. The van der Waals surface area contributed by atoms with Gasteiger partial charge >= 0.3 is 0 Å². The van der Waals surface area contributed by atoms with E-state index in [9.17, 15) is 8.42 Å². The van der Waals surface area contributed by atoms with E-state index in [2.05, 4.69) is 9.71 Å². The van der Waals surface area contributed by atoms with Gasteiger partial charge in [-0.25, -0.2) is 18.1 Å². The molecule has 1 heterocycles. The van der Waals surface area contributed by atoms with Crippen LogP contribution in [-0.2, 0) is 17.1 Å². The van der Waals surface area contributed by atoms with Crippen molar-refractivity contribution in [3.63, 3.8) is 0 Å². The third kappa shape index (κ3) is 3.03. The van der Waals surface area contributed by atoms with Crippen molar-refractivity contribution in [2.24, 2.45) is 13.0 Å². The highest BCUT2D eigenvalue weighted by Crippen LogP contribution is 2.08. The molecule has 0 spiro atoms. The zero-order valence-electron chi connectivity index (χ0n) is 9.58. The summed E-state index contributed by atoms with van der Waals surface area (Å²) in [5.41, 5.74) is 0. The molecular formula is C9H17N3O3S. The Labute approximate surface area is 95.4 Å². The normalized spacial score (nSPS) is 16.0. The number of nitrogens with one attached hydrogen (secondary N) is 1. The number of aliphatic hydroxyl groups is 1. The van der Waals surface area contributed by atoms with Crippen molar-refractivity contribution >= 4 is 10.0 Å². The summed E-state index contributed by atoms with van der Waals surface area (Å²) in [6.07, 6.45) is 2.85. The average Bonchev–Trinajstić information content (AvgIpc) is 2.63. The van der Waals surface area contributed by atoms with E-state index >= 15 is 0 Å². The molecule has 0 fully saturated rings. The van der Waals surface area contributed by atoms with E-state index < -0.39 is 10.0 Å². The van der Waals surface area contributed by atoms with Gasteiger partial charge in [0, 0.05) is 25.9 Å². The SMILES string of the molecule is CC(CO)C(C)NS(=O)(=O)c1cn(C)cn1. The topological polar surface area (TPSA) is 84.2 Å². The van der Waals surface area contributed by atoms with E-state index in [1.165, 1.54) is 12.5 Å². The Hall–Kier alpha value is -0.920. The third-order valence-electron chi connectivity index (χ3n) is 2.44. The number of aryl methyl sites for hydroxylation is 1. The lowest BCUT2D eigenvalue weighted by molar-refractivity contribution is 0.216. The maximum atomic E-state index is 11.8. The Bertz CT molecular complexity index is 441. The lowest BCUT2D eigenvalue weighted by atomic mass is 10.1. The van der Waals surface area contributed by atoms with Crippen molar-refractivity contribution in [3.05, 3.63) is 12.5 Å². The molecule has 0 radical (unpaired) electrons. The molecule has 2 atom stereocenters. The van der Waals surface area contributed by atoms with Gasteiger partial charge in [0.2, 0.25) is 0 Å². The number of imidazole rings is 1. The molecule has 1 rings (SSSR count). The minimum Gasteiger partial charge on any atom is -0.396 e. The molecule has 7 heteroatoms. The first-order valence-electron chi connectivity index (χ1n) is 4.98. The Morgan fingerprint density at radius 1 is 1.56 bits per heavy atom. The van der Waals surface area contributed by atoms with Gasteiger partial charge in [0.15, 0.2) is 5.03 Å². The molecule has 0 aliphatic carbocycles. The van der Waals surface area contributed by atoms with Gasteiger partial charge in [0.1, 0.15) is 0 Å². The van der Waals surface area contributed by atoms with Gasteiger partial charge < -0.3 is 9.67 Å². The first-order chi connectivity index (χ1) is 7.36. The van der Waals surface area contributed by atoms with Gasteiger partial charge in [-0.2, -0.15) is 0 Å². The van der Waals surface area contributed by atoms with Crippen LogP contribution in [0.2, 0.25) is 0 Å². The molecular weight excluding hydrogens is 230 g/mol. The van der Waals surface area contributed by atoms with Crippen LogP contribution in [0, 0.1) is 5.92 Å². The summed E-state index contributed by atoms with van der Waals surface area (Å²) in [7, 11) is -1.89. The number of nitrogens with zero attached hydrogens (tertiary/aromatic N) is 2. The highest BCUT2D eigenvalue weighted by atomic mass is 32.2. The van der Waals surface area contributed by atoms with Crippen LogP contribution in [0.4, 0.5) is 0 Å². The van der Waals surface area contributed by atoms with Crippen LogP contribution in [0.5, 0.6) is 0 Å². The third-order valence-corrected chi connectivity index (χ3v) is 3.88. The van der Waals surface area contributed by atoms with Crippen molar-refractivity contribution in [3.8, 4) is 0 Å². The Morgan fingerprint density at radius 3 is 2.62 bits per heavy atom. The second-order valence-electron chi connectivity index (χ2n) is 3.95. The average molecular weight is 247 g/mol. The molecule has 0 bridgehead atoms. The lowest BCUT2D eigenvalue weighted by Gasteiger charge is -2.18. The van der Waals surface area contributed by atoms with Crippen molar-refractivity contribution < 1.29 is 13.5 Å². The second kappa shape index (κ2) is 4.94. The summed E-state index contributed by atoms with van der Waals surface area (Å²) in [6, 6.07) is -0.336. The number of hydrogen-bond donors (Lipinski definition) is 2. The first-order valence-corrected chi connectivity index (χ1v) is 6.46. The maximum Gasteiger partial charge on any atom is 0.259 e. The first kappa shape index (κ1) is 13.1. The largest absolute Gasteiger partial charge is 0.396 e. The predicted octanol–water partition coefficient (Wildman–Crippen LogP) is -0.285. The molecule has 0 aromatic carbocycles. The summed E-state index contributed by atoms with van der Waals surface area (Å²) in [6.45, 7) is 3.42. The fourth-order valence-electron chi connectivity index (χ4n) is 1.11. The van der Waals surface area contributed by atoms with Gasteiger partial charge in [-0.3, -0.25) is 0 Å². The highest BCUT2D eigenvalue weighted by molar-refractivity contribution is 7.89. The molecule has 92 valence electrons. The molecule has 1 aromatic heterocycles. The van der Waals surface area contributed by atoms with Crippen LogP contribution in [0.3, 0.4) is 0 Å². The van der Waals surface area contributed by atoms with Crippen LogP contribution >= 0.6 is 0 Å². The quantitative estimate of drug-likeness (QED) is 0.749. The minimum absolute atomic E-state index is 0.00742. The van der Waals surface area contributed by atoms with Crippen molar-refractivity contribution in [1.82, 2.24) is 14.3 Å². The lowest BCUT2D eigenvalue weighted by Crippen LogP contribution is -2.38. The van der Waals surface area contributed by atoms with Crippen LogP contribution in [0.25, 0.3) is 0 Å². The summed E-state index contributed by atoms with van der Waals surface area (Å²) in [5, 5.41) is 8.91. The molecule has 1 aromatic rings. The molecule has 2 unspecified atom stereocenters. The van der Waals surface area contributed by atoms with Gasteiger partial charge in [-0.1, -0.05) is 6.92 Å². The number of rotatable bonds is 5. The van der Waals surface area contributed by atoms with Crippen molar-refractivity contribution in [1.29, 1.82) is 0 Å². The zero-order valence-corrected chi connectivity index (χ0v) is 10.4. The summed E-state index contributed by atoms with van der Waals surface area (Å²) in [4.78, 5) is 3.78.